The fourth-order valence-electron chi connectivity index (χ4n) is 2.91. The van der Waals surface area contributed by atoms with E-state index < -0.39 is 10.2 Å². The molecule has 2 unspecified atom stereocenters. The Kier molecular flexibility index (Phi) is 5.19. The largest absolute Gasteiger partial charge is 0.378 e. The van der Waals surface area contributed by atoms with Crippen molar-refractivity contribution >= 4 is 10.2 Å². The van der Waals surface area contributed by atoms with Gasteiger partial charge in [-0.15, -0.1) is 0 Å². The molecule has 2 aliphatic heterocycles. The van der Waals surface area contributed by atoms with E-state index in [1.807, 2.05) is 6.92 Å². The minimum absolute atomic E-state index is 0.0425. The average Bonchev–Trinajstić information content (AvgIpc) is 2.47. The third-order valence-electron chi connectivity index (χ3n) is 4.08. The lowest BCUT2D eigenvalue weighted by molar-refractivity contribution is 0.0271. The Labute approximate surface area is 116 Å². The Hall–Kier alpha value is -0.210. The van der Waals surface area contributed by atoms with Crippen molar-refractivity contribution in [3.63, 3.8) is 0 Å². The summed E-state index contributed by atoms with van der Waals surface area (Å²) in [6.45, 7) is 4.43. The molecule has 2 N–H and O–H groups in total. The molecule has 0 aliphatic carbocycles. The molecule has 2 aliphatic rings. The Bertz CT molecular complexity index is 358. The first kappa shape index (κ1) is 15.2. The van der Waals surface area contributed by atoms with Crippen LogP contribution in [0.4, 0.5) is 0 Å². The van der Waals surface area contributed by atoms with E-state index in [2.05, 4.69) is 0 Å². The van der Waals surface area contributed by atoms with E-state index >= 15 is 0 Å². The fraction of sp³-hybridized carbons (Fsp3) is 1.00. The molecule has 2 rings (SSSR count). The van der Waals surface area contributed by atoms with Crippen LogP contribution in [0.25, 0.3) is 0 Å². The van der Waals surface area contributed by atoms with Gasteiger partial charge in [-0.1, -0.05) is 13.3 Å². The predicted octanol–water partition coefficient (Wildman–Crippen LogP) is 0.155. The number of ether oxygens (including phenoxy) is 1. The molecule has 2 fully saturated rings. The Balaban J connectivity index is 2.19. The van der Waals surface area contributed by atoms with Gasteiger partial charge in [0.05, 0.1) is 13.2 Å². The molecule has 6 nitrogen and oxygen atoms in total. The van der Waals surface area contributed by atoms with E-state index in [0.717, 1.165) is 25.7 Å². The molecular weight excluding hydrogens is 266 g/mol. The standard InChI is InChI=1S/C12H25N3O3S/c1-2-11-10-18-8-7-15(11)19(16,17)14-6-4-3-5-12(14)9-13/h11-12H,2-10,13H2,1H3. The van der Waals surface area contributed by atoms with Crippen LogP contribution in [-0.4, -0.2) is 62.0 Å². The predicted molar refractivity (Wildman–Crippen MR) is 73.9 cm³/mol. The number of rotatable bonds is 4. The van der Waals surface area contributed by atoms with Gasteiger partial charge >= 0.3 is 0 Å². The fourth-order valence-corrected chi connectivity index (χ4v) is 5.00. The minimum Gasteiger partial charge on any atom is -0.378 e. The number of hydrogen-bond donors (Lipinski definition) is 1. The van der Waals surface area contributed by atoms with E-state index in [-0.39, 0.29) is 12.1 Å². The Morgan fingerprint density at radius 3 is 2.63 bits per heavy atom. The SMILES string of the molecule is CCC1COCCN1S(=O)(=O)N1CCCCC1CN. The lowest BCUT2D eigenvalue weighted by Crippen LogP contribution is -2.58. The summed E-state index contributed by atoms with van der Waals surface area (Å²) in [6.07, 6.45) is 3.64. The molecule has 0 bridgehead atoms. The average molecular weight is 291 g/mol. The summed E-state index contributed by atoms with van der Waals surface area (Å²) in [5.74, 6) is 0. The van der Waals surface area contributed by atoms with Crippen LogP contribution in [-0.2, 0) is 14.9 Å². The van der Waals surface area contributed by atoms with Crippen molar-refractivity contribution in [2.45, 2.75) is 44.7 Å². The number of morpholine rings is 1. The van der Waals surface area contributed by atoms with Crippen LogP contribution in [0, 0.1) is 0 Å². The summed E-state index contributed by atoms with van der Waals surface area (Å²) in [6, 6.07) is -0.0850. The van der Waals surface area contributed by atoms with Gasteiger partial charge in [-0.2, -0.15) is 17.0 Å². The van der Waals surface area contributed by atoms with Crippen LogP contribution >= 0.6 is 0 Å². The van der Waals surface area contributed by atoms with Gasteiger partial charge in [-0.05, 0) is 19.3 Å². The van der Waals surface area contributed by atoms with Gasteiger partial charge in [0.15, 0.2) is 0 Å². The zero-order valence-corrected chi connectivity index (χ0v) is 12.4. The summed E-state index contributed by atoms with van der Waals surface area (Å²) in [4.78, 5) is 0. The molecule has 0 saturated carbocycles. The topological polar surface area (TPSA) is 75.9 Å². The van der Waals surface area contributed by atoms with Gasteiger partial charge in [0.25, 0.3) is 10.2 Å². The minimum atomic E-state index is -3.40. The molecule has 19 heavy (non-hydrogen) atoms. The molecule has 0 radical (unpaired) electrons. The van der Waals surface area contributed by atoms with Gasteiger partial charge in [0.2, 0.25) is 0 Å². The second kappa shape index (κ2) is 6.49. The summed E-state index contributed by atoms with van der Waals surface area (Å²) in [5, 5.41) is 0. The molecule has 2 saturated heterocycles. The van der Waals surface area contributed by atoms with Crippen molar-refractivity contribution in [3.05, 3.63) is 0 Å². The van der Waals surface area contributed by atoms with Crippen LogP contribution < -0.4 is 5.73 Å². The lowest BCUT2D eigenvalue weighted by Gasteiger charge is -2.41. The summed E-state index contributed by atoms with van der Waals surface area (Å²) in [7, 11) is -3.40. The highest BCUT2D eigenvalue weighted by atomic mass is 32.2. The quantitative estimate of drug-likeness (QED) is 0.800. The number of nitrogens with zero attached hydrogens (tertiary/aromatic N) is 2. The second-order valence-electron chi connectivity index (χ2n) is 5.25. The van der Waals surface area contributed by atoms with E-state index in [0.29, 0.717) is 32.8 Å². The first-order valence-electron chi connectivity index (χ1n) is 7.17. The normalized spacial score (nSPS) is 31.5. The highest BCUT2D eigenvalue weighted by Crippen LogP contribution is 2.25. The van der Waals surface area contributed by atoms with Gasteiger partial charge in [0.1, 0.15) is 0 Å². The first-order valence-corrected chi connectivity index (χ1v) is 8.57. The number of nitrogens with two attached hydrogens (primary N) is 1. The molecule has 2 atom stereocenters. The van der Waals surface area contributed by atoms with Crippen LogP contribution in [0.3, 0.4) is 0 Å². The maximum Gasteiger partial charge on any atom is 0.282 e. The number of hydrogen-bond acceptors (Lipinski definition) is 4. The zero-order valence-electron chi connectivity index (χ0n) is 11.6. The highest BCUT2D eigenvalue weighted by Gasteiger charge is 2.39. The maximum absolute atomic E-state index is 12.8. The van der Waals surface area contributed by atoms with Gasteiger partial charge < -0.3 is 10.5 Å². The molecule has 112 valence electrons. The van der Waals surface area contributed by atoms with Gasteiger partial charge in [-0.25, -0.2) is 0 Å². The van der Waals surface area contributed by atoms with Crippen molar-refractivity contribution in [1.82, 2.24) is 8.61 Å². The van der Waals surface area contributed by atoms with E-state index in [4.69, 9.17) is 10.5 Å². The van der Waals surface area contributed by atoms with Gasteiger partial charge in [0, 0.05) is 31.7 Å². The maximum atomic E-state index is 12.8. The van der Waals surface area contributed by atoms with E-state index in [1.165, 1.54) is 0 Å². The van der Waals surface area contributed by atoms with E-state index in [9.17, 15) is 8.42 Å². The summed E-state index contributed by atoms with van der Waals surface area (Å²) < 4.78 is 34.3. The summed E-state index contributed by atoms with van der Waals surface area (Å²) in [5.41, 5.74) is 5.74. The lowest BCUT2D eigenvalue weighted by atomic mass is 10.1. The van der Waals surface area contributed by atoms with Crippen molar-refractivity contribution in [2.75, 3.05) is 32.8 Å². The monoisotopic (exact) mass is 291 g/mol. The molecule has 0 amide bonds. The van der Waals surface area contributed by atoms with Crippen molar-refractivity contribution in [1.29, 1.82) is 0 Å². The Morgan fingerprint density at radius 1 is 1.21 bits per heavy atom. The molecule has 7 heteroatoms. The third-order valence-corrected chi connectivity index (χ3v) is 6.23. The van der Waals surface area contributed by atoms with Crippen LogP contribution in [0.15, 0.2) is 0 Å². The third kappa shape index (κ3) is 3.11. The Morgan fingerprint density at radius 2 is 1.95 bits per heavy atom. The molecular formula is C12H25N3O3S. The molecule has 2 heterocycles. The van der Waals surface area contributed by atoms with Gasteiger partial charge in [-0.3, -0.25) is 0 Å². The molecule has 0 spiro atoms. The van der Waals surface area contributed by atoms with Crippen LogP contribution in [0.5, 0.6) is 0 Å². The van der Waals surface area contributed by atoms with Crippen molar-refractivity contribution in [2.24, 2.45) is 5.73 Å². The second-order valence-corrected chi connectivity index (χ2v) is 7.09. The molecule has 0 aromatic carbocycles. The first-order chi connectivity index (χ1) is 9.11. The summed E-state index contributed by atoms with van der Waals surface area (Å²) >= 11 is 0. The van der Waals surface area contributed by atoms with Crippen LogP contribution in [0.1, 0.15) is 32.6 Å². The van der Waals surface area contributed by atoms with Crippen molar-refractivity contribution in [3.8, 4) is 0 Å². The van der Waals surface area contributed by atoms with Crippen molar-refractivity contribution < 1.29 is 13.2 Å². The number of piperidine rings is 1. The zero-order chi connectivity index (χ0) is 13.9. The van der Waals surface area contributed by atoms with Crippen LogP contribution in [0.2, 0.25) is 0 Å². The molecule has 0 aromatic rings. The van der Waals surface area contributed by atoms with E-state index in [1.54, 1.807) is 8.61 Å². The smallest absolute Gasteiger partial charge is 0.282 e. The highest BCUT2D eigenvalue weighted by molar-refractivity contribution is 7.86. The molecule has 0 aromatic heterocycles.